The summed E-state index contributed by atoms with van der Waals surface area (Å²) in [6, 6.07) is -0.291. The molecule has 0 aromatic carbocycles. The van der Waals surface area contributed by atoms with Gasteiger partial charge in [0.25, 0.3) is 0 Å². The summed E-state index contributed by atoms with van der Waals surface area (Å²) >= 11 is 0. The summed E-state index contributed by atoms with van der Waals surface area (Å²) in [6.07, 6.45) is 4.81. The Balaban J connectivity index is 1.31. The number of carbonyl (C=O) groups is 1. The van der Waals surface area contributed by atoms with Gasteiger partial charge >= 0.3 is 6.03 Å². The number of nitrogens with one attached hydrogen (secondary N) is 3. The fourth-order valence-corrected chi connectivity index (χ4v) is 3.55. The largest absolute Gasteiger partial charge is 0.379 e. The maximum atomic E-state index is 11.8. The lowest BCUT2D eigenvalue weighted by molar-refractivity contribution is 0.0127. The molecule has 25 heavy (non-hydrogen) atoms. The summed E-state index contributed by atoms with van der Waals surface area (Å²) in [4.78, 5) is 18.4. The van der Waals surface area contributed by atoms with Crippen molar-refractivity contribution >= 4 is 18.2 Å². The highest BCUT2D eigenvalue weighted by molar-refractivity contribution is 5.98. The summed E-state index contributed by atoms with van der Waals surface area (Å²) in [7, 11) is 0. The van der Waals surface area contributed by atoms with E-state index in [1.165, 1.54) is 0 Å². The molecule has 1 aliphatic carbocycles. The number of urea groups is 1. The highest BCUT2D eigenvalue weighted by Crippen LogP contribution is 2.31. The van der Waals surface area contributed by atoms with Crippen molar-refractivity contribution in [2.24, 2.45) is 16.0 Å². The van der Waals surface area contributed by atoms with Gasteiger partial charge in [0.1, 0.15) is 6.79 Å². The first kappa shape index (κ1) is 16.7. The molecule has 0 radical (unpaired) electrons. The SMILES string of the molecule is O=C1NC(N/N=C/C2CC[C@H]3OCOC3C2)=NC(N2CCOCC2)N1. The second kappa shape index (κ2) is 7.65. The van der Waals surface area contributed by atoms with Crippen LogP contribution in [0.25, 0.3) is 0 Å². The molecule has 0 bridgehead atoms. The minimum atomic E-state index is -0.394. The van der Waals surface area contributed by atoms with Crippen LogP contribution in [0.1, 0.15) is 19.3 Å². The molecule has 4 aliphatic rings. The molecule has 2 amide bonds. The van der Waals surface area contributed by atoms with Crippen molar-refractivity contribution < 1.29 is 19.0 Å². The molecule has 2 saturated heterocycles. The highest BCUT2D eigenvalue weighted by atomic mass is 16.7. The number of rotatable bonds is 3. The van der Waals surface area contributed by atoms with E-state index in [0.29, 0.717) is 31.9 Å². The topological polar surface area (TPSA) is 109 Å². The zero-order valence-electron chi connectivity index (χ0n) is 14.0. The molecule has 0 aromatic rings. The fourth-order valence-electron chi connectivity index (χ4n) is 3.55. The normalized spacial score (nSPS) is 36.5. The number of hydrazone groups is 1. The van der Waals surface area contributed by atoms with Crippen LogP contribution in [0.3, 0.4) is 0 Å². The van der Waals surface area contributed by atoms with Crippen LogP contribution in [-0.2, 0) is 14.2 Å². The van der Waals surface area contributed by atoms with Gasteiger partial charge in [-0.05, 0) is 25.2 Å². The molecular weight excluding hydrogens is 328 g/mol. The maximum absolute atomic E-state index is 11.8. The first-order chi connectivity index (χ1) is 12.3. The zero-order chi connectivity index (χ0) is 17.1. The third-order valence-corrected chi connectivity index (χ3v) is 4.93. The van der Waals surface area contributed by atoms with Crippen molar-refractivity contribution in [3.05, 3.63) is 0 Å². The molecule has 3 unspecified atom stereocenters. The van der Waals surface area contributed by atoms with E-state index in [2.05, 4.69) is 31.1 Å². The van der Waals surface area contributed by atoms with E-state index in [1.54, 1.807) is 0 Å². The van der Waals surface area contributed by atoms with E-state index in [4.69, 9.17) is 14.2 Å². The molecule has 3 aliphatic heterocycles. The van der Waals surface area contributed by atoms with Crippen LogP contribution in [0, 0.1) is 5.92 Å². The van der Waals surface area contributed by atoms with Crippen molar-refractivity contribution in [2.45, 2.75) is 37.8 Å². The van der Waals surface area contributed by atoms with Crippen molar-refractivity contribution in [1.82, 2.24) is 21.0 Å². The third kappa shape index (κ3) is 4.09. The van der Waals surface area contributed by atoms with E-state index in [0.717, 1.165) is 32.4 Å². The number of hydrogen-bond acceptors (Lipinski definition) is 8. The summed E-state index contributed by atoms with van der Waals surface area (Å²) in [5.41, 5.74) is 2.85. The average molecular weight is 352 g/mol. The maximum Gasteiger partial charge on any atom is 0.324 e. The second-order valence-corrected chi connectivity index (χ2v) is 6.59. The molecule has 10 heteroatoms. The number of amides is 2. The predicted octanol–water partition coefficient (Wildman–Crippen LogP) is -0.612. The van der Waals surface area contributed by atoms with Crippen LogP contribution >= 0.6 is 0 Å². The van der Waals surface area contributed by atoms with Crippen LogP contribution in [0.5, 0.6) is 0 Å². The standard InChI is InChI=1S/C15H24N6O4/c22-15-18-13(17-14(19-15)21-3-5-23-6-4-21)20-16-8-10-1-2-11-12(7-10)25-9-24-11/h8,10-12,14H,1-7,9H2,(H3,17,18,19,20,22)/b16-8+/t10?,11-,12?,14?/m1/s1. The second-order valence-electron chi connectivity index (χ2n) is 6.59. The molecule has 3 heterocycles. The summed E-state index contributed by atoms with van der Waals surface area (Å²) in [6.45, 7) is 3.16. The Morgan fingerprint density at radius 1 is 1.24 bits per heavy atom. The van der Waals surface area contributed by atoms with Crippen LogP contribution in [-0.4, -0.2) is 74.7 Å². The minimum Gasteiger partial charge on any atom is -0.379 e. The van der Waals surface area contributed by atoms with Crippen molar-refractivity contribution in [2.75, 3.05) is 33.1 Å². The van der Waals surface area contributed by atoms with Gasteiger partial charge in [-0.15, -0.1) is 0 Å². The predicted molar refractivity (Wildman–Crippen MR) is 88.9 cm³/mol. The number of fused-ring (bicyclic) bond motifs is 1. The lowest BCUT2D eigenvalue weighted by Crippen LogP contribution is -2.60. The van der Waals surface area contributed by atoms with E-state index in [9.17, 15) is 4.79 Å². The first-order valence-corrected chi connectivity index (χ1v) is 8.77. The van der Waals surface area contributed by atoms with Gasteiger partial charge in [0, 0.05) is 19.3 Å². The Morgan fingerprint density at radius 2 is 2.08 bits per heavy atom. The molecule has 1 saturated carbocycles. The number of aliphatic imine (C=N–C) groups is 1. The van der Waals surface area contributed by atoms with Gasteiger partial charge in [0.05, 0.1) is 25.4 Å². The van der Waals surface area contributed by atoms with Crippen molar-refractivity contribution in [3.8, 4) is 0 Å². The first-order valence-electron chi connectivity index (χ1n) is 8.77. The zero-order valence-corrected chi connectivity index (χ0v) is 14.0. The molecule has 0 aromatic heterocycles. The molecule has 0 spiro atoms. The van der Waals surface area contributed by atoms with Gasteiger partial charge in [0.2, 0.25) is 5.96 Å². The Kier molecular flexibility index (Phi) is 5.11. The van der Waals surface area contributed by atoms with Crippen LogP contribution < -0.4 is 16.1 Å². The van der Waals surface area contributed by atoms with E-state index in [-0.39, 0.29) is 18.2 Å². The molecular formula is C15H24N6O4. The molecule has 3 N–H and O–H groups in total. The van der Waals surface area contributed by atoms with Gasteiger partial charge in [-0.1, -0.05) is 0 Å². The van der Waals surface area contributed by atoms with E-state index < -0.39 is 6.29 Å². The average Bonchev–Trinajstić information content (AvgIpc) is 3.10. The van der Waals surface area contributed by atoms with Crippen molar-refractivity contribution in [3.63, 3.8) is 0 Å². The number of morpholine rings is 1. The van der Waals surface area contributed by atoms with Crippen LogP contribution in [0.4, 0.5) is 4.79 Å². The molecule has 4 rings (SSSR count). The Bertz CT molecular complexity index is 550. The van der Waals surface area contributed by atoms with Crippen LogP contribution in [0.2, 0.25) is 0 Å². The van der Waals surface area contributed by atoms with Gasteiger partial charge in [0.15, 0.2) is 6.29 Å². The number of hydrogen-bond donors (Lipinski definition) is 3. The number of ether oxygens (including phenoxy) is 3. The quantitative estimate of drug-likeness (QED) is 0.462. The molecule has 3 fully saturated rings. The van der Waals surface area contributed by atoms with Gasteiger partial charge < -0.3 is 19.5 Å². The lowest BCUT2D eigenvalue weighted by atomic mass is 9.86. The van der Waals surface area contributed by atoms with Crippen LogP contribution in [0.15, 0.2) is 10.1 Å². The smallest absolute Gasteiger partial charge is 0.324 e. The van der Waals surface area contributed by atoms with Gasteiger partial charge in [-0.25, -0.2) is 15.2 Å². The third-order valence-electron chi connectivity index (χ3n) is 4.93. The Hall–Kier alpha value is -1.75. The molecule has 138 valence electrons. The monoisotopic (exact) mass is 352 g/mol. The highest BCUT2D eigenvalue weighted by Gasteiger charge is 2.35. The van der Waals surface area contributed by atoms with Gasteiger partial charge in [-0.3, -0.25) is 10.2 Å². The fraction of sp³-hybridized carbons (Fsp3) is 0.800. The Morgan fingerprint density at radius 3 is 2.96 bits per heavy atom. The molecule has 4 atom stereocenters. The minimum absolute atomic E-state index is 0.173. The van der Waals surface area contributed by atoms with E-state index in [1.807, 2.05) is 6.21 Å². The summed E-state index contributed by atoms with van der Waals surface area (Å²) in [5.74, 6) is 0.689. The number of guanidine groups is 1. The summed E-state index contributed by atoms with van der Waals surface area (Å²) < 4.78 is 16.4. The summed E-state index contributed by atoms with van der Waals surface area (Å²) in [5, 5.41) is 9.68. The Labute approximate surface area is 145 Å². The van der Waals surface area contributed by atoms with E-state index >= 15 is 0 Å². The lowest BCUT2D eigenvalue weighted by Gasteiger charge is -2.34. The number of carbonyl (C=O) groups excluding carboxylic acids is 1. The number of nitrogens with zero attached hydrogens (tertiary/aromatic N) is 3. The van der Waals surface area contributed by atoms with Crippen molar-refractivity contribution in [1.29, 1.82) is 0 Å². The van der Waals surface area contributed by atoms with Gasteiger partial charge in [-0.2, -0.15) is 5.10 Å². The molecule has 10 nitrogen and oxygen atoms in total.